The van der Waals surface area contributed by atoms with Crippen molar-refractivity contribution in [1.82, 2.24) is 9.55 Å². The summed E-state index contributed by atoms with van der Waals surface area (Å²) >= 11 is 1.04. The number of thiazole rings is 1. The maximum Gasteiger partial charge on any atom is 0.416 e. The van der Waals surface area contributed by atoms with E-state index in [1.54, 1.807) is 13.0 Å². The van der Waals surface area contributed by atoms with Crippen molar-refractivity contribution in [1.29, 1.82) is 5.26 Å². The predicted octanol–water partition coefficient (Wildman–Crippen LogP) is 3.83. The molecule has 3 aromatic rings. The maximum absolute atomic E-state index is 13.3. The minimum absolute atomic E-state index is 0.000192. The van der Waals surface area contributed by atoms with E-state index in [-0.39, 0.29) is 41.4 Å². The second-order valence-electron chi connectivity index (χ2n) is 6.93. The van der Waals surface area contributed by atoms with Crippen LogP contribution in [0, 0.1) is 18.3 Å². The van der Waals surface area contributed by atoms with Crippen LogP contribution in [0.5, 0.6) is 5.75 Å². The van der Waals surface area contributed by atoms with Gasteiger partial charge in [0, 0.05) is 42.2 Å². The molecule has 32 heavy (non-hydrogen) atoms. The van der Waals surface area contributed by atoms with Gasteiger partial charge in [-0.15, -0.1) is 11.3 Å². The van der Waals surface area contributed by atoms with Crippen LogP contribution < -0.4 is 10.9 Å². The number of pyridine rings is 1. The fraction of sp³-hybridized carbons (Fsp3) is 0.238. The number of anilines is 1. The molecule has 166 valence electrons. The molecule has 7 nitrogen and oxygen atoms in total. The fourth-order valence-corrected chi connectivity index (χ4v) is 3.94. The largest absolute Gasteiger partial charge is 0.508 e. The lowest BCUT2D eigenvalue weighted by Crippen LogP contribution is -2.24. The SMILES string of the molecule is Cc1cc(O)cc(=O)n1CCC(=O)Nc1ncc(Cc2ccc(C#N)cc2C(F)(F)F)s1. The van der Waals surface area contributed by atoms with E-state index in [0.29, 0.717) is 10.6 Å². The highest BCUT2D eigenvalue weighted by atomic mass is 32.1. The van der Waals surface area contributed by atoms with Crippen LogP contribution in [-0.2, 0) is 23.9 Å². The minimum atomic E-state index is -4.60. The van der Waals surface area contributed by atoms with Crippen molar-refractivity contribution in [2.75, 3.05) is 5.32 Å². The summed E-state index contributed by atoms with van der Waals surface area (Å²) in [5, 5.41) is 21.1. The number of hydrogen-bond donors (Lipinski definition) is 2. The Balaban J connectivity index is 1.66. The van der Waals surface area contributed by atoms with Crippen molar-refractivity contribution in [2.24, 2.45) is 0 Å². The number of carbonyl (C=O) groups is 1. The van der Waals surface area contributed by atoms with Crippen LogP contribution in [0.25, 0.3) is 0 Å². The van der Waals surface area contributed by atoms with Crippen molar-refractivity contribution in [3.63, 3.8) is 0 Å². The van der Waals surface area contributed by atoms with Gasteiger partial charge in [-0.2, -0.15) is 18.4 Å². The Morgan fingerprint density at radius 3 is 2.72 bits per heavy atom. The number of nitrogens with one attached hydrogen (secondary N) is 1. The van der Waals surface area contributed by atoms with Gasteiger partial charge in [-0.05, 0) is 30.7 Å². The van der Waals surface area contributed by atoms with Gasteiger partial charge in [0.1, 0.15) is 5.75 Å². The lowest BCUT2D eigenvalue weighted by molar-refractivity contribution is -0.138. The third-order valence-electron chi connectivity index (χ3n) is 4.59. The van der Waals surface area contributed by atoms with E-state index in [1.807, 2.05) is 0 Å². The molecule has 1 amide bonds. The summed E-state index contributed by atoms with van der Waals surface area (Å²) < 4.78 is 41.3. The van der Waals surface area contributed by atoms with Gasteiger partial charge >= 0.3 is 6.18 Å². The van der Waals surface area contributed by atoms with E-state index >= 15 is 0 Å². The standard InChI is InChI=1S/C21H17F3N4O3S/c1-12-6-15(29)9-19(31)28(12)5-4-18(30)27-20-26-11-16(32-20)8-14-3-2-13(10-25)7-17(14)21(22,23)24/h2-3,6-7,9,11,29H,4-5,8H2,1H3,(H,26,27,30). The summed E-state index contributed by atoms with van der Waals surface area (Å²) in [4.78, 5) is 28.7. The lowest BCUT2D eigenvalue weighted by atomic mass is 10.0. The summed E-state index contributed by atoms with van der Waals surface area (Å²) in [5.74, 6) is -0.570. The van der Waals surface area contributed by atoms with E-state index in [1.165, 1.54) is 29.0 Å². The summed E-state index contributed by atoms with van der Waals surface area (Å²) in [6.45, 7) is 1.72. The van der Waals surface area contributed by atoms with Gasteiger partial charge in [-0.1, -0.05) is 6.07 Å². The van der Waals surface area contributed by atoms with E-state index in [4.69, 9.17) is 5.26 Å². The molecule has 0 aliphatic heterocycles. The van der Waals surface area contributed by atoms with Gasteiger partial charge in [0.25, 0.3) is 5.56 Å². The Kier molecular flexibility index (Phi) is 6.64. The Bertz CT molecular complexity index is 1260. The molecule has 0 bridgehead atoms. The molecule has 2 N–H and O–H groups in total. The van der Waals surface area contributed by atoms with E-state index < -0.39 is 23.2 Å². The van der Waals surface area contributed by atoms with Crippen molar-refractivity contribution < 1.29 is 23.1 Å². The van der Waals surface area contributed by atoms with Crippen LogP contribution in [0.15, 0.2) is 41.3 Å². The third-order valence-corrected chi connectivity index (χ3v) is 5.50. The second-order valence-corrected chi connectivity index (χ2v) is 8.05. The van der Waals surface area contributed by atoms with Crippen LogP contribution in [0.3, 0.4) is 0 Å². The number of aromatic nitrogens is 2. The normalized spacial score (nSPS) is 11.2. The number of nitrogens with zero attached hydrogens (tertiary/aromatic N) is 3. The fourth-order valence-electron chi connectivity index (χ4n) is 3.09. The van der Waals surface area contributed by atoms with Gasteiger partial charge in [0.15, 0.2) is 5.13 Å². The first-order valence-electron chi connectivity index (χ1n) is 9.32. The van der Waals surface area contributed by atoms with Gasteiger partial charge in [-0.25, -0.2) is 4.98 Å². The summed E-state index contributed by atoms with van der Waals surface area (Å²) in [6, 6.07) is 7.55. The number of nitriles is 1. The van der Waals surface area contributed by atoms with Gasteiger partial charge in [0.2, 0.25) is 5.91 Å². The molecule has 1 aromatic carbocycles. The monoisotopic (exact) mass is 462 g/mol. The van der Waals surface area contributed by atoms with E-state index in [2.05, 4.69) is 10.3 Å². The number of halogens is 3. The zero-order chi connectivity index (χ0) is 23.5. The summed E-state index contributed by atoms with van der Waals surface area (Å²) in [7, 11) is 0. The minimum Gasteiger partial charge on any atom is -0.508 e. The highest BCUT2D eigenvalue weighted by Crippen LogP contribution is 2.34. The molecule has 0 saturated carbocycles. The number of carbonyl (C=O) groups excluding carboxylic acids is 1. The van der Waals surface area contributed by atoms with Crippen LogP contribution in [0.1, 0.15) is 33.7 Å². The molecule has 0 unspecified atom stereocenters. The zero-order valence-corrected chi connectivity index (χ0v) is 17.5. The van der Waals surface area contributed by atoms with Crippen molar-refractivity contribution in [2.45, 2.75) is 32.5 Å². The first-order valence-corrected chi connectivity index (χ1v) is 10.1. The number of hydrogen-bond acceptors (Lipinski definition) is 6. The molecule has 0 spiro atoms. The van der Waals surface area contributed by atoms with Gasteiger partial charge in [-0.3, -0.25) is 9.59 Å². The topological polar surface area (TPSA) is 108 Å². The summed E-state index contributed by atoms with van der Waals surface area (Å²) in [6.07, 6.45) is -3.31. The van der Waals surface area contributed by atoms with Crippen LogP contribution in [0.2, 0.25) is 0 Å². The van der Waals surface area contributed by atoms with Crippen LogP contribution in [0.4, 0.5) is 18.3 Å². The van der Waals surface area contributed by atoms with Crippen LogP contribution >= 0.6 is 11.3 Å². The molecule has 0 radical (unpaired) electrons. The highest BCUT2D eigenvalue weighted by Gasteiger charge is 2.33. The highest BCUT2D eigenvalue weighted by molar-refractivity contribution is 7.15. The Morgan fingerprint density at radius 1 is 1.31 bits per heavy atom. The van der Waals surface area contributed by atoms with Gasteiger partial charge < -0.3 is 15.0 Å². The number of alkyl halides is 3. The third kappa shape index (κ3) is 5.53. The molecule has 0 atom stereocenters. The van der Waals surface area contributed by atoms with Crippen molar-refractivity contribution >= 4 is 22.4 Å². The van der Waals surface area contributed by atoms with Gasteiger partial charge in [0.05, 0.1) is 17.2 Å². The Hall–Kier alpha value is -3.65. The first-order chi connectivity index (χ1) is 15.1. The maximum atomic E-state index is 13.3. The van der Waals surface area contributed by atoms with E-state index in [0.717, 1.165) is 23.5 Å². The molecule has 2 aromatic heterocycles. The Morgan fingerprint density at radius 2 is 2.06 bits per heavy atom. The molecule has 11 heteroatoms. The van der Waals surface area contributed by atoms with Crippen LogP contribution in [-0.4, -0.2) is 20.6 Å². The summed E-state index contributed by atoms with van der Waals surface area (Å²) in [5.41, 5.74) is -0.899. The number of benzene rings is 1. The quantitative estimate of drug-likeness (QED) is 0.579. The average molecular weight is 462 g/mol. The second kappa shape index (κ2) is 9.23. The molecule has 0 aliphatic rings. The molecule has 3 rings (SSSR count). The number of aryl methyl sites for hydroxylation is 1. The molecule has 0 aliphatic carbocycles. The number of rotatable bonds is 6. The lowest BCUT2D eigenvalue weighted by Gasteiger charge is -2.12. The molecular weight excluding hydrogens is 445 g/mol. The molecule has 0 fully saturated rings. The molecule has 2 heterocycles. The van der Waals surface area contributed by atoms with Crippen molar-refractivity contribution in [3.05, 3.63) is 74.1 Å². The Labute approximate surface area is 184 Å². The molecular formula is C21H17F3N4O3S. The average Bonchev–Trinajstić information content (AvgIpc) is 3.13. The zero-order valence-electron chi connectivity index (χ0n) is 16.7. The first kappa shape index (κ1) is 23.0. The predicted molar refractivity (Wildman–Crippen MR) is 111 cm³/mol. The smallest absolute Gasteiger partial charge is 0.416 e. The van der Waals surface area contributed by atoms with Crippen molar-refractivity contribution in [3.8, 4) is 11.8 Å². The van der Waals surface area contributed by atoms with E-state index in [9.17, 15) is 27.9 Å². The molecule has 0 saturated heterocycles. The number of aromatic hydroxyl groups is 1. The number of amides is 1.